The third kappa shape index (κ3) is 8.74. The predicted molar refractivity (Wildman–Crippen MR) is 166 cm³/mol. The highest BCUT2D eigenvalue weighted by Gasteiger charge is 2.48. The largest absolute Gasteiger partial charge is 0.417 e. The number of hydrogen-bond acceptors (Lipinski definition) is 3. The Hall–Kier alpha value is -4.10. The number of rotatable bonds is 12. The molecule has 1 amide bonds. The zero-order chi connectivity index (χ0) is 37.4. The van der Waals surface area contributed by atoms with Crippen molar-refractivity contribution in [3.05, 3.63) is 82.9 Å². The van der Waals surface area contributed by atoms with Gasteiger partial charge < -0.3 is 10.6 Å². The Morgan fingerprint density at radius 1 is 0.612 bits per heavy atom. The molecule has 0 saturated carbocycles. The number of amides is 1. The van der Waals surface area contributed by atoms with E-state index in [2.05, 4.69) is 5.32 Å². The maximum Gasteiger partial charge on any atom is 0.417 e. The lowest BCUT2D eigenvalue weighted by molar-refractivity contribution is -0.154. The summed E-state index contributed by atoms with van der Waals surface area (Å²) in [4.78, 5) is 25.0. The molecule has 3 aromatic rings. The zero-order valence-electron chi connectivity index (χ0n) is 27.5. The van der Waals surface area contributed by atoms with Gasteiger partial charge in [-0.2, -0.15) is 43.9 Å². The summed E-state index contributed by atoms with van der Waals surface area (Å²) in [6.07, 6.45) is -9.01. The molecule has 14 heteroatoms. The van der Waals surface area contributed by atoms with Crippen LogP contribution in [-0.4, -0.2) is 17.2 Å². The number of Topliss-reactive ketones (excluding diaryl/α,β-unsaturated/α-hetero) is 1. The zero-order valence-corrected chi connectivity index (χ0v) is 27.5. The van der Waals surface area contributed by atoms with Crippen molar-refractivity contribution in [1.82, 2.24) is 0 Å². The van der Waals surface area contributed by atoms with Crippen LogP contribution in [0.2, 0.25) is 0 Å². The van der Waals surface area contributed by atoms with Gasteiger partial charge in [0.2, 0.25) is 5.78 Å². The topological polar surface area (TPSA) is 58.2 Å². The van der Waals surface area contributed by atoms with Crippen molar-refractivity contribution in [2.75, 3.05) is 10.6 Å². The van der Waals surface area contributed by atoms with Gasteiger partial charge >= 0.3 is 24.2 Å². The second-order valence-electron chi connectivity index (χ2n) is 13.0. The Balaban J connectivity index is 1.98. The fourth-order valence-corrected chi connectivity index (χ4v) is 5.21. The van der Waals surface area contributed by atoms with Crippen molar-refractivity contribution in [2.24, 2.45) is 5.41 Å². The van der Waals surface area contributed by atoms with E-state index in [0.29, 0.717) is 49.2 Å². The molecule has 4 nitrogen and oxygen atoms in total. The predicted octanol–water partition coefficient (Wildman–Crippen LogP) is 11.2. The molecule has 0 spiro atoms. The molecule has 3 rings (SSSR count). The molecule has 0 unspecified atom stereocenters. The Morgan fingerprint density at radius 3 is 1.47 bits per heavy atom. The van der Waals surface area contributed by atoms with Crippen molar-refractivity contribution >= 4 is 23.1 Å². The van der Waals surface area contributed by atoms with Crippen LogP contribution in [-0.2, 0) is 33.8 Å². The fraction of sp³-hybridized carbons (Fsp3) is 0.429. The summed E-state index contributed by atoms with van der Waals surface area (Å²) in [5.74, 6) is -12.1. The average molecular weight is 707 g/mol. The number of carbonyl (C=O) groups is 2. The maximum absolute atomic E-state index is 15.1. The van der Waals surface area contributed by atoms with E-state index in [0.717, 1.165) is 12.1 Å². The number of nitrogens with one attached hydrogen (secondary N) is 2. The number of alkyl halides is 10. The molecular weight excluding hydrogens is 670 g/mol. The normalized spacial score (nSPS) is 13.3. The van der Waals surface area contributed by atoms with Gasteiger partial charge in [0.05, 0.1) is 11.1 Å². The molecule has 0 fully saturated rings. The minimum absolute atomic E-state index is 0.0161. The van der Waals surface area contributed by atoms with Gasteiger partial charge in [0.25, 0.3) is 5.91 Å². The number of halogens is 10. The minimum atomic E-state index is -5.29. The third-order valence-corrected chi connectivity index (χ3v) is 8.23. The average Bonchev–Trinajstić information content (AvgIpc) is 2.99. The lowest BCUT2D eigenvalue weighted by atomic mass is 9.80. The molecule has 0 aliphatic heterocycles. The molecule has 3 aromatic carbocycles. The van der Waals surface area contributed by atoms with Gasteiger partial charge in [-0.25, -0.2) is 0 Å². The molecule has 0 radical (unpaired) electrons. The summed E-state index contributed by atoms with van der Waals surface area (Å²) in [5.41, 5.74) is -9.65. The van der Waals surface area contributed by atoms with Crippen LogP contribution >= 0.6 is 0 Å². The van der Waals surface area contributed by atoms with Gasteiger partial charge in [-0.15, -0.1) is 0 Å². The molecule has 0 heterocycles. The molecule has 2 N–H and O–H groups in total. The van der Waals surface area contributed by atoms with Crippen LogP contribution in [0.25, 0.3) is 11.1 Å². The van der Waals surface area contributed by atoms with Crippen LogP contribution < -0.4 is 10.6 Å². The van der Waals surface area contributed by atoms with E-state index in [9.17, 15) is 44.7 Å². The van der Waals surface area contributed by atoms with Crippen molar-refractivity contribution < 1.29 is 53.5 Å². The monoisotopic (exact) mass is 706 g/mol. The first kappa shape index (κ1) is 39.3. The summed E-state index contributed by atoms with van der Waals surface area (Å²) >= 11 is 0. The van der Waals surface area contributed by atoms with Gasteiger partial charge in [0.15, 0.2) is 0 Å². The van der Waals surface area contributed by atoms with Gasteiger partial charge in [-0.3, -0.25) is 9.59 Å². The van der Waals surface area contributed by atoms with Gasteiger partial charge in [0.1, 0.15) is 0 Å². The van der Waals surface area contributed by atoms with Crippen LogP contribution in [0.15, 0.2) is 60.7 Å². The Labute approximate surface area is 277 Å². The molecule has 268 valence electrons. The van der Waals surface area contributed by atoms with Gasteiger partial charge in [-0.05, 0) is 62.1 Å². The highest BCUT2D eigenvalue weighted by atomic mass is 19.4. The molecule has 0 bridgehead atoms. The first-order valence-corrected chi connectivity index (χ1v) is 15.2. The van der Waals surface area contributed by atoms with Crippen LogP contribution in [0, 0.1) is 5.41 Å². The molecule has 0 saturated heterocycles. The molecule has 0 aliphatic rings. The van der Waals surface area contributed by atoms with Gasteiger partial charge in [0, 0.05) is 33.5 Å². The van der Waals surface area contributed by atoms with E-state index in [1.165, 1.54) is 26.8 Å². The van der Waals surface area contributed by atoms with Crippen molar-refractivity contribution in [3.8, 4) is 11.1 Å². The van der Waals surface area contributed by atoms with E-state index in [1.807, 2.05) is 6.92 Å². The van der Waals surface area contributed by atoms with Gasteiger partial charge in [-0.1, -0.05) is 70.5 Å². The Morgan fingerprint density at radius 2 is 1.04 bits per heavy atom. The number of hydrogen-bond donors (Lipinski definition) is 2. The van der Waals surface area contributed by atoms with E-state index < -0.39 is 85.9 Å². The van der Waals surface area contributed by atoms with Crippen LogP contribution in [0.5, 0.6) is 0 Å². The first-order chi connectivity index (χ1) is 22.3. The minimum Gasteiger partial charge on any atom is -0.380 e. The summed E-state index contributed by atoms with van der Waals surface area (Å²) in [6.45, 7) is 9.49. The van der Waals surface area contributed by atoms with Crippen molar-refractivity contribution in [3.63, 3.8) is 0 Å². The molecule has 0 atom stereocenters. The number of benzene rings is 3. The summed E-state index contributed by atoms with van der Waals surface area (Å²) < 4.78 is 145. The fourth-order valence-electron chi connectivity index (χ4n) is 5.21. The Bertz CT molecular complexity index is 1680. The number of anilines is 2. The van der Waals surface area contributed by atoms with E-state index in [4.69, 9.17) is 0 Å². The number of carbonyl (C=O) groups excluding carboxylic acids is 2. The summed E-state index contributed by atoms with van der Waals surface area (Å²) in [7, 11) is 0. The van der Waals surface area contributed by atoms with Crippen LogP contribution in [0.3, 0.4) is 0 Å². The lowest BCUT2D eigenvalue weighted by Gasteiger charge is -2.28. The van der Waals surface area contributed by atoms with Crippen LogP contribution in [0.4, 0.5) is 55.3 Å². The second-order valence-corrected chi connectivity index (χ2v) is 13.0. The molecule has 0 aliphatic carbocycles. The standard InChI is InChI=1S/C35H36F10N2O2/c1-7-17-31(5,6)47-23-14-16-25(27(19-23)35(43,44)45)24-15-13-22(18-26(24)34(40,41)42)46-29(49)33(38,39)21-11-9-20(10-12-21)32(36,37)28(48)30(3,4)8-2/h9-16,18-19,47H,7-8,17H2,1-6H3,(H,46,49). The Kier molecular flexibility index (Phi) is 11.0. The van der Waals surface area contributed by atoms with Crippen molar-refractivity contribution in [2.45, 2.75) is 90.5 Å². The highest BCUT2D eigenvalue weighted by molar-refractivity contribution is 5.97. The summed E-state index contributed by atoms with van der Waals surface area (Å²) in [6, 6.07) is 6.39. The molecule has 49 heavy (non-hydrogen) atoms. The highest BCUT2D eigenvalue weighted by Crippen LogP contribution is 2.45. The lowest BCUT2D eigenvalue weighted by Crippen LogP contribution is -2.38. The smallest absolute Gasteiger partial charge is 0.380 e. The summed E-state index contributed by atoms with van der Waals surface area (Å²) in [5, 5.41) is 4.57. The second kappa shape index (κ2) is 13.7. The van der Waals surface area contributed by atoms with Crippen molar-refractivity contribution in [1.29, 1.82) is 0 Å². The van der Waals surface area contributed by atoms with E-state index in [1.54, 1.807) is 19.2 Å². The first-order valence-electron chi connectivity index (χ1n) is 15.2. The quantitative estimate of drug-likeness (QED) is 0.184. The molecular formula is C35H36F10N2O2. The SMILES string of the molecule is CCCC(C)(C)Nc1ccc(-c2ccc(NC(=O)C(F)(F)c3ccc(C(F)(F)C(=O)C(C)(C)CC)cc3)cc2C(F)(F)F)c(C(F)(F)F)c1. The van der Waals surface area contributed by atoms with E-state index >= 15 is 8.78 Å². The number of ketones is 1. The maximum atomic E-state index is 15.1. The third-order valence-electron chi connectivity index (χ3n) is 8.23. The van der Waals surface area contributed by atoms with E-state index in [-0.39, 0.29) is 18.2 Å². The molecule has 0 aromatic heterocycles. The van der Waals surface area contributed by atoms with Crippen LogP contribution in [0.1, 0.15) is 83.1 Å².